The van der Waals surface area contributed by atoms with Crippen LogP contribution in [0.4, 0.5) is 5.69 Å². The summed E-state index contributed by atoms with van der Waals surface area (Å²) in [6, 6.07) is 18.2. The molecule has 0 saturated carbocycles. The van der Waals surface area contributed by atoms with Gasteiger partial charge in [0.25, 0.3) is 0 Å². The number of benzene rings is 2. The van der Waals surface area contributed by atoms with Gasteiger partial charge < -0.3 is 5.73 Å². The summed E-state index contributed by atoms with van der Waals surface area (Å²) in [4.78, 5) is 14.9. The molecule has 0 fully saturated rings. The summed E-state index contributed by atoms with van der Waals surface area (Å²) in [5, 5.41) is 0. The lowest BCUT2D eigenvalue weighted by atomic mass is 10.0. The number of hydrogen-bond acceptors (Lipinski definition) is 4. The SMILES string of the molecule is CSc1ccc(-c2cc(C(C)=O)sc2-c2ccc(N)cc2)cc1. The third kappa shape index (κ3) is 3.33. The number of Topliss-reactive ketones (excluding diaryl/α,β-unsaturated/α-hetero) is 1. The van der Waals surface area contributed by atoms with Crippen molar-refractivity contribution in [1.82, 2.24) is 0 Å². The summed E-state index contributed by atoms with van der Waals surface area (Å²) >= 11 is 3.26. The van der Waals surface area contributed by atoms with Crippen molar-refractivity contribution >= 4 is 34.6 Å². The Balaban J connectivity index is 2.13. The number of rotatable bonds is 4. The number of carbonyl (C=O) groups excluding carboxylic acids is 1. The van der Waals surface area contributed by atoms with Crippen molar-refractivity contribution < 1.29 is 4.79 Å². The Hall–Kier alpha value is -2.04. The second kappa shape index (κ2) is 6.60. The molecule has 0 saturated heterocycles. The van der Waals surface area contributed by atoms with Gasteiger partial charge >= 0.3 is 0 Å². The Morgan fingerprint density at radius 3 is 2.17 bits per heavy atom. The van der Waals surface area contributed by atoms with E-state index in [4.69, 9.17) is 5.73 Å². The van der Waals surface area contributed by atoms with E-state index in [0.29, 0.717) is 0 Å². The lowest BCUT2D eigenvalue weighted by Gasteiger charge is -2.06. The van der Waals surface area contributed by atoms with Gasteiger partial charge in [-0.2, -0.15) is 0 Å². The molecule has 0 radical (unpaired) electrons. The van der Waals surface area contributed by atoms with Gasteiger partial charge in [-0.1, -0.05) is 24.3 Å². The van der Waals surface area contributed by atoms with Crippen LogP contribution in [0.15, 0.2) is 59.5 Å². The van der Waals surface area contributed by atoms with Crippen LogP contribution in [0, 0.1) is 0 Å². The van der Waals surface area contributed by atoms with E-state index in [2.05, 4.69) is 30.5 Å². The average molecular weight is 339 g/mol. The van der Waals surface area contributed by atoms with Gasteiger partial charge in [0, 0.05) is 21.0 Å². The van der Waals surface area contributed by atoms with Crippen molar-refractivity contribution in [1.29, 1.82) is 0 Å². The number of nitrogens with two attached hydrogens (primary N) is 1. The molecule has 1 heterocycles. The van der Waals surface area contributed by atoms with E-state index in [1.165, 1.54) is 16.2 Å². The van der Waals surface area contributed by atoms with E-state index in [1.807, 2.05) is 30.3 Å². The maximum absolute atomic E-state index is 11.8. The van der Waals surface area contributed by atoms with Gasteiger partial charge in [0.15, 0.2) is 5.78 Å². The molecule has 2 N–H and O–H groups in total. The van der Waals surface area contributed by atoms with Crippen LogP contribution in [0.5, 0.6) is 0 Å². The van der Waals surface area contributed by atoms with Crippen molar-refractivity contribution in [3.8, 4) is 21.6 Å². The van der Waals surface area contributed by atoms with Crippen LogP contribution in [0.25, 0.3) is 21.6 Å². The van der Waals surface area contributed by atoms with Crippen LogP contribution in [0.2, 0.25) is 0 Å². The van der Waals surface area contributed by atoms with E-state index >= 15 is 0 Å². The second-order valence-electron chi connectivity index (χ2n) is 5.26. The zero-order valence-corrected chi connectivity index (χ0v) is 14.6. The monoisotopic (exact) mass is 339 g/mol. The predicted octanol–water partition coefficient (Wildman–Crippen LogP) is 5.59. The van der Waals surface area contributed by atoms with E-state index in [-0.39, 0.29) is 5.78 Å². The molecule has 0 aliphatic rings. The fourth-order valence-electron chi connectivity index (χ4n) is 2.40. The minimum atomic E-state index is 0.0960. The third-order valence-electron chi connectivity index (χ3n) is 3.65. The van der Waals surface area contributed by atoms with Gasteiger partial charge in [-0.25, -0.2) is 0 Å². The summed E-state index contributed by atoms with van der Waals surface area (Å²) in [5.41, 5.74) is 9.83. The molecule has 0 atom stereocenters. The van der Waals surface area contributed by atoms with E-state index in [9.17, 15) is 4.79 Å². The quantitative estimate of drug-likeness (QED) is 0.383. The van der Waals surface area contributed by atoms with Gasteiger partial charge in [-0.3, -0.25) is 4.79 Å². The number of thiophene rings is 1. The molecule has 3 rings (SSSR count). The van der Waals surface area contributed by atoms with Crippen molar-refractivity contribution in [2.24, 2.45) is 0 Å². The molecular weight excluding hydrogens is 322 g/mol. The van der Waals surface area contributed by atoms with Gasteiger partial charge in [0.05, 0.1) is 4.88 Å². The lowest BCUT2D eigenvalue weighted by Crippen LogP contribution is -1.84. The fourth-order valence-corrected chi connectivity index (χ4v) is 3.89. The van der Waals surface area contributed by atoms with Crippen LogP contribution in [0.1, 0.15) is 16.6 Å². The van der Waals surface area contributed by atoms with Crippen LogP contribution in [-0.4, -0.2) is 12.0 Å². The normalized spacial score (nSPS) is 10.7. The zero-order valence-electron chi connectivity index (χ0n) is 13.0. The first-order chi connectivity index (χ1) is 11.1. The number of thioether (sulfide) groups is 1. The summed E-state index contributed by atoms with van der Waals surface area (Å²) in [5.74, 6) is 0.0960. The van der Waals surface area contributed by atoms with Gasteiger partial charge in [-0.15, -0.1) is 23.1 Å². The molecule has 2 nitrogen and oxygen atoms in total. The first-order valence-electron chi connectivity index (χ1n) is 7.23. The minimum absolute atomic E-state index is 0.0960. The summed E-state index contributed by atoms with van der Waals surface area (Å²) < 4.78 is 0. The van der Waals surface area contributed by atoms with E-state index in [1.54, 1.807) is 18.7 Å². The molecule has 0 spiro atoms. The Morgan fingerprint density at radius 2 is 1.61 bits per heavy atom. The Kier molecular flexibility index (Phi) is 4.55. The van der Waals surface area contributed by atoms with Gasteiger partial charge in [-0.05, 0) is 54.6 Å². The highest BCUT2D eigenvalue weighted by molar-refractivity contribution is 7.98. The number of carbonyl (C=O) groups is 1. The van der Waals surface area contributed by atoms with E-state index < -0.39 is 0 Å². The molecule has 116 valence electrons. The highest BCUT2D eigenvalue weighted by Gasteiger charge is 2.15. The maximum atomic E-state index is 11.8. The summed E-state index contributed by atoms with van der Waals surface area (Å²) in [6.45, 7) is 1.61. The molecule has 0 amide bonds. The van der Waals surface area contributed by atoms with Crippen molar-refractivity contribution in [3.05, 3.63) is 59.5 Å². The smallest absolute Gasteiger partial charge is 0.169 e. The topological polar surface area (TPSA) is 43.1 Å². The fraction of sp³-hybridized carbons (Fsp3) is 0.105. The average Bonchev–Trinajstić information content (AvgIpc) is 3.01. The molecule has 3 aromatic rings. The molecular formula is C19H17NOS2. The van der Waals surface area contributed by atoms with Crippen LogP contribution in [-0.2, 0) is 0 Å². The predicted molar refractivity (Wildman–Crippen MR) is 101 cm³/mol. The van der Waals surface area contributed by atoms with Crippen molar-refractivity contribution in [2.45, 2.75) is 11.8 Å². The first-order valence-corrected chi connectivity index (χ1v) is 9.27. The second-order valence-corrected chi connectivity index (χ2v) is 7.19. The van der Waals surface area contributed by atoms with Crippen molar-refractivity contribution in [2.75, 3.05) is 12.0 Å². The molecule has 0 unspecified atom stereocenters. The Morgan fingerprint density at radius 1 is 1.00 bits per heavy atom. The number of nitrogen functional groups attached to an aromatic ring is 1. The van der Waals surface area contributed by atoms with Crippen LogP contribution < -0.4 is 5.73 Å². The van der Waals surface area contributed by atoms with Gasteiger partial charge in [0.2, 0.25) is 0 Å². The summed E-state index contributed by atoms with van der Waals surface area (Å²) in [6.07, 6.45) is 2.06. The Bertz CT molecular complexity index is 833. The molecule has 2 aromatic carbocycles. The summed E-state index contributed by atoms with van der Waals surface area (Å²) in [7, 11) is 0. The molecule has 1 aromatic heterocycles. The Labute approximate surface area is 144 Å². The van der Waals surface area contributed by atoms with Crippen LogP contribution >= 0.6 is 23.1 Å². The third-order valence-corrected chi connectivity index (χ3v) is 5.68. The lowest BCUT2D eigenvalue weighted by molar-refractivity contribution is 0.102. The molecule has 23 heavy (non-hydrogen) atoms. The first kappa shape index (κ1) is 15.8. The molecule has 0 aliphatic carbocycles. The number of ketones is 1. The number of hydrogen-bond donors (Lipinski definition) is 1. The largest absolute Gasteiger partial charge is 0.399 e. The number of anilines is 1. The highest BCUT2D eigenvalue weighted by atomic mass is 32.2. The highest BCUT2D eigenvalue weighted by Crippen LogP contribution is 2.40. The maximum Gasteiger partial charge on any atom is 0.169 e. The standard InChI is InChI=1S/C19H17NOS2/c1-12(21)18-11-17(13-5-9-16(22-2)10-6-13)19(23-18)14-3-7-15(20)8-4-14/h3-11H,20H2,1-2H3. The van der Waals surface area contributed by atoms with Gasteiger partial charge in [0.1, 0.15) is 0 Å². The molecule has 4 heteroatoms. The van der Waals surface area contributed by atoms with E-state index in [0.717, 1.165) is 32.1 Å². The molecule has 0 aliphatic heterocycles. The zero-order chi connectivity index (χ0) is 16.4. The molecule has 0 bridgehead atoms. The minimum Gasteiger partial charge on any atom is -0.399 e. The van der Waals surface area contributed by atoms with Crippen LogP contribution in [0.3, 0.4) is 0 Å². The van der Waals surface area contributed by atoms with Crippen molar-refractivity contribution in [3.63, 3.8) is 0 Å².